The Morgan fingerprint density at radius 3 is 2.32 bits per heavy atom. The predicted octanol–water partition coefficient (Wildman–Crippen LogP) is 3.31. The lowest BCUT2D eigenvalue weighted by molar-refractivity contribution is 0.0594. The maximum absolute atomic E-state index is 13.1. The number of unbranched alkanes of at least 4 members (excludes halogenated alkanes) is 2. The van der Waals surface area contributed by atoms with Crippen LogP contribution in [0.3, 0.4) is 0 Å². The molecule has 2 rings (SSSR count). The van der Waals surface area contributed by atoms with Crippen LogP contribution in [0.25, 0.3) is 0 Å². The highest BCUT2D eigenvalue weighted by molar-refractivity contribution is 5.95. The van der Waals surface area contributed by atoms with E-state index < -0.39 is 5.97 Å². The van der Waals surface area contributed by atoms with Gasteiger partial charge in [0.2, 0.25) is 5.89 Å². The van der Waals surface area contributed by atoms with Crippen molar-refractivity contribution in [2.75, 3.05) is 27.9 Å². The molecule has 0 atom stereocenters. The zero-order valence-electron chi connectivity index (χ0n) is 16.7. The number of amides is 1. The van der Waals surface area contributed by atoms with Crippen molar-refractivity contribution in [3.63, 3.8) is 0 Å². The van der Waals surface area contributed by atoms with Gasteiger partial charge in [-0.1, -0.05) is 19.8 Å². The number of esters is 1. The van der Waals surface area contributed by atoms with Crippen molar-refractivity contribution in [1.29, 1.82) is 0 Å². The molecule has 0 aliphatic heterocycles. The number of oxazole rings is 1. The van der Waals surface area contributed by atoms with E-state index >= 15 is 0 Å². The Hall–Kier alpha value is -3.03. The fourth-order valence-electron chi connectivity index (χ4n) is 2.66. The molecular weight excluding hydrogens is 364 g/mol. The summed E-state index contributed by atoms with van der Waals surface area (Å²) in [7, 11) is 4.33. The summed E-state index contributed by atoms with van der Waals surface area (Å²) >= 11 is 0. The highest BCUT2D eigenvalue weighted by Crippen LogP contribution is 2.24. The maximum atomic E-state index is 13.1. The Morgan fingerprint density at radius 1 is 1.07 bits per heavy atom. The van der Waals surface area contributed by atoms with Crippen molar-refractivity contribution in [2.24, 2.45) is 0 Å². The van der Waals surface area contributed by atoms with Crippen molar-refractivity contribution in [3.05, 3.63) is 41.6 Å². The Bertz CT molecular complexity index is 779. The summed E-state index contributed by atoms with van der Waals surface area (Å²) in [4.78, 5) is 30.4. The molecule has 0 radical (unpaired) electrons. The fraction of sp³-hybridized carbons (Fsp3) is 0.450. The second-order valence-electron chi connectivity index (χ2n) is 6.15. The van der Waals surface area contributed by atoms with Crippen LogP contribution in [0.4, 0.5) is 0 Å². The van der Waals surface area contributed by atoms with Gasteiger partial charge in [0.15, 0.2) is 5.69 Å². The SMILES string of the molecule is CCCCCN(Cc1nc(C(=O)OC)co1)C(=O)c1cc(OC)cc(OC)c1. The van der Waals surface area contributed by atoms with E-state index in [0.717, 1.165) is 19.3 Å². The molecule has 0 fully saturated rings. The fourth-order valence-corrected chi connectivity index (χ4v) is 2.66. The molecule has 0 bridgehead atoms. The first-order chi connectivity index (χ1) is 13.5. The van der Waals surface area contributed by atoms with Gasteiger partial charge in [-0.05, 0) is 18.6 Å². The molecule has 0 saturated carbocycles. The van der Waals surface area contributed by atoms with Crippen LogP contribution in [-0.4, -0.2) is 49.6 Å². The van der Waals surface area contributed by atoms with Crippen molar-refractivity contribution in [2.45, 2.75) is 32.7 Å². The minimum atomic E-state index is -0.587. The van der Waals surface area contributed by atoms with Gasteiger partial charge < -0.3 is 23.5 Å². The topological polar surface area (TPSA) is 91.1 Å². The van der Waals surface area contributed by atoms with Crippen LogP contribution in [0.5, 0.6) is 11.5 Å². The number of nitrogens with zero attached hydrogens (tertiary/aromatic N) is 2. The average molecular weight is 390 g/mol. The molecule has 1 aromatic heterocycles. The average Bonchev–Trinajstić information content (AvgIpc) is 3.20. The van der Waals surface area contributed by atoms with Gasteiger partial charge in [-0.25, -0.2) is 9.78 Å². The summed E-state index contributed by atoms with van der Waals surface area (Å²) in [5.41, 5.74) is 0.508. The molecule has 152 valence electrons. The lowest BCUT2D eigenvalue weighted by Crippen LogP contribution is -2.31. The Labute approximate surface area is 164 Å². The van der Waals surface area contributed by atoms with Gasteiger partial charge >= 0.3 is 5.97 Å². The summed E-state index contributed by atoms with van der Waals surface area (Å²) in [6.07, 6.45) is 4.09. The third-order valence-electron chi connectivity index (χ3n) is 4.19. The summed E-state index contributed by atoms with van der Waals surface area (Å²) in [6, 6.07) is 5.02. The number of methoxy groups -OCH3 is 3. The third kappa shape index (κ3) is 5.48. The highest BCUT2D eigenvalue weighted by atomic mass is 16.5. The van der Waals surface area contributed by atoms with Gasteiger partial charge in [-0.2, -0.15) is 0 Å². The summed E-state index contributed by atoms with van der Waals surface area (Å²) in [5.74, 6) is 0.531. The molecule has 0 unspecified atom stereocenters. The lowest BCUT2D eigenvalue weighted by Gasteiger charge is -2.22. The third-order valence-corrected chi connectivity index (χ3v) is 4.19. The van der Waals surface area contributed by atoms with E-state index in [-0.39, 0.29) is 24.0 Å². The molecule has 0 aliphatic carbocycles. The summed E-state index contributed by atoms with van der Waals surface area (Å²) < 4.78 is 20.5. The van der Waals surface area contributed by atoms with E-state index in [4.69, 9.17) is 13.9 Å². The van der Waals surface area contributed by atoms with E-state index in [0.29, 0.717) is 23.6 Å². The van der Waals surface area contributed by atoms with Crippen LogP contribution in [0.2, 0.25) is 0 Å². The van der Waals surface area contributed by atoms with Crippen LogP contribution in [-0.2, 0) is 11.3 Å². The Morgan fingerprint density at radius 2 is 1.75 bits per heavy atom. The van der Waals surface area contributed by atoms with E-state index in [1.165, 1.54) is 27.6 Å². The van der Waals surface area contributed by atoms with Crippen molar-refractivity contribution in [3.8, 4) is 11.5 Å². The van der Waals surface area contributed by atoms with Crippen molar-refractivity contribution < 1.29 is 28.2 Å². The first kappa shape index (κ1) is 21.3. The predicted molar refractivity (Wildman–Crippen MR) is 102 cm³/mol. The van der Waals surface area contributed by atoms with Gasteiger partial charge in [-0.3, -0.25) is 4.79 Å². The van der Waals surface area contributed by atoms with Crippen LogP contribution in [0, 0.1) is 0 Å². The number of aromatic nitrogens is 1. The quantitative estimate of drug-likeness (QED) is 0.454. The van der Waals surface area contributed by atoms with Crippen molar-refractivity contribution >= 4 is 11.9 Å². The largest absolute Gasteiger partial charge is 0.497 e. The first-order valence-electron chi connectivity index (χ1n) is 9.07. The zero-order chi connectivity index (χ0) is 20.5. The molecule has 8 heteroatoms. The molecule has 8 nitrogen and oxygen atoms in total. The first-order valence-corrected chi connectivity index (χ1v) is 9.07. The van der Waals surface area contributed by atoms with Crippen LogP contribution in [0.15, 0.2) is 28.9 Å². The van der Waals surface area contributed by atoms with Gasteiger partial charge in [0, 0.05) is 18.2 Å². The second kappa shape index (κ2) is 10.3. The molecule has 0 spiro atoms. The normalized spacial score (nSPS) is 10.4. The lowest BCUT2D eigenvalue weighted by atomic mass is 10.1. The van der Waals surface area contributed by atoms with E-state index in [1.807, 2.05) is 0 Å². The summed E-state index contributed by atoms with van der Waals surface area (Å²) in [5, 5.41) is 0. The van der Waals surface area contributed by atoms with Crippen LogP contribution >= 0.6 is 0 Å². The molecule has 1 heterocycles. The van der Waals surface area contributed by atoms with Crippen LogP contribution < -0.4 is 9.47 Å². The molecule has 28 heavy (non-hydrogen) atoms. The van der Waals surface area contributed by atoms with Crippen LogP contribution in [0.1, 0.15) is 52.9 Å². The Kier molecular flexibility index (Phi) is 7.86. The number of carbonyl (C=O) groups is 2. The molecule has 0 aliphatic rings. The number of benzene rings is 1. The van der Waals surface area contributed by atoms with Gasteiger partial charge in [-0.15, -0.1) is 0 Å². The molecule has 2 aromatic rings. The highest BCUT2D eigenvalue weighted by Gasteiger charge is 2.21. The molecule has 0 N–H and O–H groups in total. The molecule has 1 amide bonds. The maximum Gasteiger partial charge on any atom is 0.360 e. The van der Waals surface area contributed by atoms with E-state index in [2.05, 4.69) is 16.6 Å². The number of rotatable bonds is 10. The van der Waals surface area contributed by atoms with Gasteiger partial charge in [0.25, 0.3) is 5.91 Å². The molecule has 0 saturated heterocycles. The standard InChI is InChI=1S/C20H26N2O6/c1-5-6-7-8-22(12-18-21-17(13-28-18)20(24)27-4)19(23)14-9-15(25-2)11-16(10-14)26-3/h9-11,13H,5-8,12H2,1-4H3. The number of hydrogen-bond donors (Lipinski definition) is 0. The summed E-state index contributed by atoms with van der Waals surface area (Å²) in [6.45, 7) is 2.76. The number of hydrogen-bond acceptors (Lipinski definition) is 7. The van der Waals surface area contributed by atoms with Gasteiger partial charge in [0.1, 0.15) is 17.8 Å². The van der Waals surface area contributed by atoms with Gasteiger partial charge in [0.05, 0.1) is 27.9 Å². The minimum absolute atomic E-state index is 0.0708. The monoisotopic (exact) mass is 390 g/mol. The second-order valence-corrected chi connectivity index (χ2v) is 6.15. The zero-order valence-corrected chi connectivity index (χ0v) is 16.7. The van der Waals surface area contributed by atoms with E-state index in [1.54, 1.807) is 23.1 Å². The number of carbonyl (C=O) groups excluding carboxylic acids is 2. The molecule has 1 aromatic carbocycles. The van der Waals surface area contributed by atoms with E-state index in [9.17, 15) is 9.59 Å². The Balaban J connectivity index is 2.25. The minimum Gasteiger partial charge on any atom is -0.497 e. The molecular formula is C20H26N2O6. The number of ether oxygens (including phenoxy) is 3. The van der Waals surface area contributed by atoms with Crippen molar-refractivity contribution in [1.82, 2.24) is 9.88 Å². The smallest absolute Gasteiger partial charge is 0.360 e.